The number of carbonyl (C=O) groups is 2. The Morgan fingerprint density at radius 3 is 2.61 bits per heavy atom. The molecule has 2 atom stereocenters. The van der Waals surface area contributed by atoms with E-state index in [0.717, 1.165) is 16.9 Å². The summed E-state index contributed by atoms with van der Waals surface area (Å²) >= 11 is 1.59. The minimum atomic E-state index is -0.111. The van der Waals surface area contributed by atoms with Crippen LogP contribution >= 0.6 is 11.8 Å². The van der Waals surface area contributed by atoms with E-state index in [-0.39, 0.29) is 23.2 Å². The minimum absolute atomic E-state index is 0.0795. The van der Waals surface area contributed by atoms with Crippen molar-refractivity contribution in [2.75, 3.05) is 5.75 Å². The minimum Gasteiger partial charge on any atom is -0.467 e. The van der Waals surface area contributed by atoms with Crippen molar-refractivity contribution in [1.82, 2.24) is 10.2 Å². The Kier molecular flexibility index (Phi) is 6.18. The molecular formula is C25H26N2O3S. The summed E-state index contributed by atoms with van der Waals surface area (Å²) in [6, 6.07) is 17.4. The van der Waals surface area contributed by atoms with Crippen molar-refractivity contribution in [3.8, 4) is 0 Å². The van der Waals surface area contributed by atoms with E-state index in [1.165, 1.54) is 11.1 Å². The van der Waals surface area contributed by atoms with Gasteiger partial charge in [0.15, 0.2) is 0 Å². The number of rotatable bonds is 6. The van der Waals surface area contributed by atoms with Gasteiger partial charge in [0.05, 0.1) is 24.6 Å². The Hall–Kier alpha value is -2.99. The first-order valence-corrected chi connectivity index (χ1v) is 11.4. The van der Waals surface area contributed by atoms with Crippen LogP contribution in [0.4, 0.5) is 0 Å². The number of benzene rings is 2. The van der Waals surface area contributed by atoms with Gasteiger partial charge in [0.25, 0.3) is 5.91 Å². The molecule has 5 nitrogen and oxygen atoms in total. The van der Waals surface area contributed by atoms with Gasteiger partial charge in [-0.15, -0.1) is 11.8 Å². The van der Waals surface area contributed by atoms with Crippen LogP contribution < -0.4 is 5.32 Å². The Bertz CT molecular complexity index is 1080. The summed E-state index contributed by atoms with van der Waals surface area (Å²) in [5.74, 6) is 1.19. The van der Waals surface area contributed by atoms with Crippen molar-refractivity contribution >= 4 is 23.6 Å². The van der Waals surface area contributed by atoms with E-state index in [0.29, 0.717) is 17.9 Å². The van der Waals surface area contributed by atoms with Gasteiger partial charge in [0.1, 0.15) is 11.1 Å². The normalized spacial score (nSPS) is 17.1. The fourth-order valence-corrected chi connectivity index (χ4v) is 4.86. The predicted molar refractivity (Wildman–Crippen MR) is 123 cm³/mol. The van der Waals surface area contributed by atoms with Gasteiger partial charge in [0.2, 0.25) is 5.91 Å². The van der Waals surface area contributed by atoms with E-state index in [2.05, 4.69) is 37.4 Å². The van der Waals surface area contributed by atoms with Crippen molar-refractivity contribution in [3.63, 3.8) is 0 Å². The maximum atomic E-state index is 12.7. The third-order valence-corrected chi connectivity index (χ3v) is 6.97. The first-order chi connectivity index (χ1) is 14.9. The molecule has 31 heavy (non-hydrogen) atoms. The summed E-state index contributed by atoms with van der Waals surface area (Å²) in [5, 5.41) is 2.99. The van der Waals surface area contributed by atoms with Crippen LogP contribution in [0.1, 0.15) is 56.7 Å². The quantitative estimate of drug-likeness (QED) is 0.582. The topological polar surface area (TPSA) is 62.6 Å². The van der Waals surface area contributed by atoms with E-state index in [9.17, 15) is 9.59 Å². The molecule has 2 heterocycles. The average Bonchev–Trinajstić information content (AvgIpc) is 3.41. The Morgan fingerprint density at radius 1 is 1.16 bits per heavy atom. The SMILES string of the molecule is Cc1ccc([C@H](C)NC(=O)c2ccc([C@@H]3SCC(=O)N3Cc3ccco3)cc2)cc1C. The molecule has 2 amide bonds. The molecule has 3 aromatic rings. The van der Waals surface area contributed by atoms with Gasteiger partial charge in [-0.3, -0.25) is 9.59 Å². The highest BCUT2D eigenvalue weighted by Crippen LogP contribution is 2.39. The molecule has 0 unspecified atom stereocenters. The number of thioether (sulfide) groups is 1. The monoisotopic (exact) mass is 434 g/mol. The number of nitrogens with one attached hydrogen (secondary N) is 1. The molecule has 4 rings (SSSR count). The van der Waals surface area contributed by atoms with Crippen LogP contribution in [0.3, 0.4) is 0 Å². The van der Waals surface area contributed by atoms with Crippen LogP contribution in [0.15, 0.2) is 65.3 Å². The number of nitrogens with zero attached hydrogens (tertiary/aromatic N) is 1. The van der Waals surface area contributed by atoms with Gasteiger partial charge in [-0.2, -0.15) is 0 Å². The molecule has 0 bridgehead atoms. The third kappa shape index (κ3) is 4.69. The summed E-state index contributed by atoms with van der Waals surface area (Å²) in [6.45, 7) is 6.59. The van der Waals surface area contributed by atoms with Crippen LogP contribution in [0.2, 0.25) is 0 Å². The fourth-order valence-electron chi connectivity index (χ4n) is 3.67. The molecule has 1 saturated heterocycles. The summed E-state index contributed by atoms with van der Waals surface area (Å²) in [5.41, 5.74) is 5.14. The summed E-state index contributed by atoms with van der Waals surface area (Å²) in [6.07, 6.45) is 1.62. The zero-order chi connectivity index (χ0) is 22.0. The van der Waals surface area contributed by atoms with Gasteiger partial charge >= 0.3 is 0 Å². The smallest absolute Gasteiger partial charge is 0.251 e. The fraction of sp³-hybridized carbons (Fsp3) is 0.280. The Labute approximate surface area is 186 Å². The largest absolute Gasteiger partial charge is 0.467 e. The Morgan fingerprint density at radius 2 is 1.94 bits per heavy atom. The lowest BCUT2D eigenvalue weighted by atomic mass is 10.0. The lowest BCUT2D eigenvalue weighted by molar-refractivity contribution is -0.128. The molecule has 1 fully saturated rings. The van der Waals surface area contributed by atoms with Crippen LogP contribution in [0, 0.1) is 13.8 Å². The van der Waals surface area contributed by atoms with Crippen molar-refractivity contribution in [1.29, 1.82) is 0 Å². The zero-order valence-electron chi connectivity index (χ0n) is 17.9. The first kappa shape index (κ1) is 21.2. The summed E-state index contributed by atoms with van der Waals surface area (Å²) in [7, 11) is 0. The summed E-state index contributed by atoms with van der Waals surface area (Å²) in [4.78, 5) is 26.9. The van der Waals surface area contributed by atoms with E-state index in [4.69, 9.17) is 4.42 Å². The van der Waals surface area contributed by atoms with E-state index in [1.807, 2.05) is 48.2 Å². The average molecular weight is 435 g/mol. The highest BCUT2D eigenvalue weighted by atomic mass is 32.2. The molecule has 0 radical (unpaired) electrons. The second-order valence-corrected chi connectivity index (χ2v) is 8.99. The lowest BCUT2D eigenvalue weighted by Gasteiger charge is -2.23. The lowest BCUT2D eigenvalue weighted by Crippen LogP contribution is -2.28. The summed E-state index contributed by atoms with van der Waals surface area (Å²) < 4.78 is 5.41. The standard InChI is InChI=1S/C25H26N2O3S/c1-16-6-7-21(13-17(16)2)18(3)26-24(29)19-8-10-20(11-9-19)25-27(23(28)15-31-25)14-22-5-4-12-30-22/h4-13,18,25H,14-15H2,1-3H3,(H,26,29)/t18-,25-/m0/s1. The number of amides is 2. The van der Waals surface area contributed by atoms with Gasteiger partial charge < -0.3 is 14.6 Å². The number of furan rings is 1. The van der Waals surface area contributed by atoms with Crippen LogP contribution in [-0.2, 0) is 11.3 Å². The number of aryl methyl sites for hydroxylation is 2. The molecule has 1 aliphatic rings. The van der Waals surface area contributed by atoms with Gasteiger partial charge in [-0.1, -0.05) is 30.3 Å². The second kappa shape index (κ2) is 9.02. The van der Waals surface area contributed by atoms with Crippen LogP contribution in [0.25, 0.3) is 0 Å². The molecular weight excluding hydrogens is 408 g/mol. The molecule has 1 N–H and O–H groups in total. The second-order valence-electron chi connectivity index (χ2n) is 7.93. The Balaban J connectivity index is 1.44. The molecule has 2 aromatic carbocycles. The highest BCUT2D eigenvalue weighted by Gasteiger charge is 2.33. The number of hydrogen-bond donors (Lipinski definition) is 1. The van der Waals surface area contributed by atoms with Gasteiger partial charge in [-0.25, -0.2) is 0 Å². The van der Waals surface area contributed by atoms with Gasteiger partial charge in [-0.05, 0) is 67.3 Å². The number of hydrogen-bond acceptors (Lipinski definition) is 4. The van der Waals surface area contributed by atoms with Crippen LogP contribution in [-0.4, -0.2) is 22.5 Å². The van der Waals surface area contributed by atoms with Crippen molar-refractivity contribution in [2.45, 2.75) is 38.7 Å². The maximum absolute atomic E-state index is 12.7. The van der Waals surface area contributed by atoms with Crippen molar-refractivity contribution in [3.05, 3.63) is 94.4 Å². The molecule has 1 aromatic heterocycles. The molecule has 0 saturated carbocycles. The molecule has 6 heteroatoms. The van der Waals surface area contributed by atoms with Crippen molar-refractivity contribution < 1.29 is 14.0 Å². The van der Waals surface area contributed by atoms with E-state index >= 15 is 0 Å². The molecule has 0 aliphatic carbocycles. The maximum Gasteiger partial charge on any atom is 0.251 e. The molecule has 0 spiro atoms. The molecule has 1 aliphatic heterocycles. The van der Waals surface area contributed by atoms with E-state index in [1.54, 1.807) is 18.0 Å². The van der Waals surface area contributed by atoms with E-state index < -0.39 is 0 Å². The van der Waals surface area contributed by atoms with Crippen molar-refractivity contribution in [2.24, 2.45) is 0 Å². The predicted octanol–water partition coefficient (Wildman–Crippen LogP) is 5.16. The number of carbonyl (C=O) groups excluding carboxylic acids is 2. The van der Waals surface area contributed by atoms with Crippen LogP contribution in [0.5, 0.6) is 0 Å². The third-order valence-electron chi connectivity index (χ3n) is 5.71. The van der Waals surface area contributed by atoms with Gasteiger partial charge in [0, 0.05) is 5.56 Å². The highest BCUT2D eigenvalue weighted by molar-refractivity contribution is 8.00. The first-order valence-electron chi connectivity index (χ1n) is 10.3. The zero-order valence-corrected chi connectivity index (χ0v) is 18.7. The molecule has 160 valence electrons.